The maximum absolute atomic E-state index is 12.8. The first-order valence-electron chi connectivity index (χ1n) is 8.92. The highest BCUT2D eigenvalue weighted by molar-refractivity contribution is 9.10. The molecule has 1 aromatic rings. The van der Waals surface area contributed by atoms with Gasteiger partial charge in [0, 0.05) is 17.1 Å². The normalized spacial score (nSPS) is 16.1. The summed E-state index contributed by atoms with van der Waals surface area (Å²) >= 11 is 3.55. The topological polar surface area (TPSA) is 29.5 Å². The Labute approximate surface area is 154 Å². The van der Waals surface area contributed by atoms with Crippen LogP contribution in [-0.4, -0.2) is 22.6 Å². The predicted molar refractivity (Wildman–Crippen MR) is 102 cm³/mol. The molecule has 0 spiro atoms. The zero-order valence-corrected chi connectivity index (χ0v) is 17.2. The number of ether oxygens (including phenoxy) is 1. The van der Waals surface area contributed by atoms with Crippen LogP contribution in [0.5, 0.6) is 0 Å². The van der Waals surface area contributed by atoms with Gasteiger partial charge in [-0.2, -0.15) is 0 Å². The molecule has 0 atom stereocenters. The molecular formula is C20H30BrNO2. The van der Waals surface area contributed by atoms with E-state index in [1.54, 1.807) is 0 Å². The number of aryl methyl sites for hydroxylation is 2. The summed E-state index contributed by atoms with van der Waals surface area (Å²) < 4.78 is 6.79. The summed E-state index contributed by atoms with van der Waals surface area (Å²) in [5.41, 5.74) is 3.19. The second-order valence-electron chi connectivity index (χ2n) is 7.92. The lowest BCUT2D eigenvalue weighted by molar-refractivity contribution is 0.00982. The number of carbonyl (C=O) groups excluding carboxylic acids is 1. The van der Waals surface area contributed by atoms with Gasteiger partial charge in [0.15, 0.2) is 0 Å². The molecular weight excluding hydrogens is 366 g/mol. The number of hydrogen-bond donors (Lipinski definition) is 0. The largest absolute Gasteiger partial charge is 0.444 e. The molecule has 1 amide bonds. The number of carbonyl (C=O) groups is 1. The van der Waals surface area contributed by atoms with Crippen molar-refractivity contribution in [2.24, 2.45) is 0 Å². The van der Waals surface area contributed by atoms with Gasteiger partial charge in [0.05, 0.1) is 0 Å². The number of amides is 1. The Kier molecular flexibility index (Phi) is 6.35. The van der Waals surface area contributed by atoms with Crippen LogP contribution in [0.25, 0.3) is 0 Å². The average molecular weight is 396 g/mol. The molecule has 3 nitrogen and oxygen atoms in total. The predicted octanol–water partition coefficient (Wildman–Crippen LogP) is 6.14. The minimum absolute atomic E-state index is 0.184. The van der Waals surface area contributed by atoms with E-state index in [2.05, 4.69) is 41.9 Å². The third kappa shape index (κ3) is 5.23. The summed E-state index contributed by atoms with van der Waals surface area (Å²) in [4.78, 5) is 14.8. The molecule has 0 unspecified atom stereocenters. The summed E-state index contributed by atoms with van der Waals surface area (Å²) in [7, 11) is 0. The van der Waals surface area contributed by atoms with Gasteiger partial charge in [-0.25, -0.2) is 4.79 Å². The van der Waals surface area contributed by atoms with E-state index < -0.39 is 5.60 Å². The minimum Gasteiger partial charge on any atom is -0.444 e. The first-order chi connectivity index (χ1) is 11.2. The van der Waals surface area contributed by atoms with Crippen molar-refractivity contribution >= 4 is 22.0 Å². The fraction of sp³-hybridized carbons (Fsp3) is 0.650. The van der Waals surface area contributed by atoms with E-state index in [-0.39, 0.29) is 12.1 Å². The maximum atomic E-state index is 12.8. The van der Waals surface area contributed by atoms with Gasteiger partial charge in [0.1, 0.15) is 5.60 Å². The Morgan fingerprint density at radius 3 is 2.21 bits per heavy atom. The van der Waals surface area contributed by atoms with Crippen LogP contribution in [0.3, 0.4) is 0 Å². The van der Waals surface area contributed by atoms with Crippen molar-refractivity contribution in [3.63, 3.8) is 0 Å². The Morgan fingerprint density at radius 2 is 1.71 bits per heavy atom. The number of hydrogen-bond acceptors (Lipinski definition) is 2. The zero-order valence-electron chi connectivity index (χ0n) is 15.6. The lowest BCUT2D eigenvalue weighted by Gasteiger charge is -2.36. The van der Waals surface area contributed by atoms with Crippen LogP contribution < -0.4 is 0 Å². The highest BCUT2D eigenvalue weighted by atomic mass is 79.9. The van der Waals surface area contributed by atoms with E-state index >= 15 is 0 Å². The first-order valence-corrected chi connectivity index (χ1v) is 9.72. The smallest absolute Gasteiger partial charge is 0.410 e. The highest BCUT2D eigenvalue weighted by Crippen LogP contribution is 2.28. The van der Waals surface area contributed by atoms with Gasteiger partial charge in [-0.3, -0.25) is 0 Å². The van der Waals surface area contributed by atoms with E-state index in [0.717, 1.165) is 17.3 Å². The second-order valence-corrected chi connectivity index (χ2v) is 8.83. The Bertz CT molecular complexity index is 563. The number of rotatable bonds is 3. The van der Waals surface area contributed by atoms with Crippen LogP contribution in [0, 0.1) is 13.8 Å². The molecule has 0 bridgehead atoms. The fourth-order valence-electron chi connectivity index (χ4n) is 3.42. The lowest BCUT2D eigenvalue weighted by Crippen LogP contribution is -2.44. The van der Waals surface area contributed by atoms with Crippen molar-refractivity contribution in [3.8, 4) is 0 Å². The Balaban J connectivity index is 2.27. The van der Waals surface area contributed by atoms with Crippen molar-refractivity contribution in [1.82, 2.24) is 4.90 Å². The van der Waals surface area contributed by atoms with Gasteiger partial charge in [0.25, 0.3) is 0 Å². The van der Waals surface area contributed by atoms with Gasteiger partial charge in [0.2, 0.25) is 0 Å². The molecule has 1 aliphatic carbocycles. The SMILES string of the molecule is Cc1cc(Br)cc(C)c1CN(C(=O)OC(C)(C)C)C1CCCCC1. The molecule has 24 heavy (non-hydrogen) atoms. The monoisotopic (exact) mass is 395 g/mol. The van der Waals surface area contributed by atoms with Crippen LogP contribution in [-0.2, 0) is 11.3 Å². The third-order valence-corrected chi connectivity index (χ3v) is 5.09. The minimum atomic E-state index is -0.464. The molecule has 1 saturated carbocycles. The molecule has 4 heteroatoms. The molecule has 0 saturated heterocycles. The number of benzene rings is 1. The van der Waals surface area contributed by atoms with Gasteiger partial charge in [-0.05, 0) is 76.3 Å². The number of nitrogens with zero attached hydrogens (tertiary/aromatic N) is 1. The lowest BCUT2D eigenvalue weighted by atomic mass is 9.93. The molecule has 134 valence electrons. The molecule has 0 heterocycles. The summed E-state index contributed by atoms with van der Waals surface area (Å²) in [6.45, 7) is 10.6. The van der Waals surface area contributed by atoms with Crippen molar-refractivity contribution in [3.05, 3.63) is 33.3 Å². The highest BCUT2D eigenvalue weighted by Gasteiger charge is 2.30. The average Bonchev–Trinajstić information content (AvgIpc) is 2.45. The van der Waals surface area contributed by atoms with Crippen LogP contribution in [0.2, 0.25) is 0 Å². The van der Waals surface area contributed by atoms with Crippen LogP contribution >= 0.6 is 15.9 Å². The second kappa shape index (κ2) is 7.90. The van der Waals surface area contributed by atoms with E-state index in [1.165, 1.54) is 36.0 Å². The van der Waals surface area contributed by atoms with Gasteiger partial charge in [-0.1, -0.05) is 35.2 Å². The molecule has 0 aliphatic heterocycles. The Morgan fingerprint density at radius 1 is 1.17 bits per heavy atom. The molecule has 1 aromatic carbocycles. The van der Waals surface area contributed by atoms with Gasteiger partial charge < -0.3 is 9.64 Å². The molecule has 0 aromatic heterocycles. The zero-order chi connectivity index (χ0) is 17.9. The first kappa shape index (κ1) is 19.3. The summed E-state index contributed by atoms with van der Waals surface area (Å²) in [6, 6.07) is 4.53. The van der Waals surface area contributed by atoms with Gasteiger partial charge in [-0.15, -0.1) is 0 Å². The molecule has 1 fully saturated rings. The third-order valence-electron chi connectivity index (χ3n) is 4.63. The Hall–Kier alpha value is -1.03. The summed E-state index contributed by atoms with van der Waals surface area (Å²) in [6.07, 6.45) is 5.64. The molecule has 1 aliphatic rings. The van der Waals surface area contributed by atoms with Crippen LogP contribution in [0.15, 0.2) is 16.6 Å². The van der Waals surface area contributed by atoms with E-state index in [9.17, 15) is 4.79 Å². The van der Waals surface area contributed by atoms with E-state index in [4.69, 9.17) is 4.74 Å². The van der Waals surface area contributed by atoms with Crippen molar-refractivity contribution in [1.29, 1.82) is 0 Å². The standard InChI is InChI=1S/C20H30BrNO2/c1-14-11-16(21)12-15(2)18(14)13-22(17-9-7-6-8-10-17)19(23)24-20(3,4)5/h11-12,17H,6-10,13H2,1-5H3. The fourth-order valence-corrected chi connectivity index (χ4v) is 4.10. The molecule has 0 radical (unpaired) electrons. The van der Waals surface area contributed by atoms with Gasteiger partial charge >= 0.3 is 6.09 Å². The molecule has 0 N–H and O–H groups in total. The maximum Gasteiger partial charge on any atom is 0.410 e. The van der Waals surface area contributed by atoms with E-state index in [1.807, 2.05) is 25.7 Å². The summed E-state index contributed by atoms with van der Waals surface area (Å²) in [5.74, 6) is 0. The summed E-state index contributed by atoms with van der Waals surface area (Å²) in [5, 5.41) is 0. The van der Waals surface area contributed by atoms with Crippen molar-refractivity contribution in [2.45, 2.75) is 84.9 Å². The molecule has 2 rings (SSSR count). The van der Waals surface area contributed by atoms with Crippen LogP contribution in [0.4, 0.5) is 4.79 Å². The van der Waals surface area contributed by atoms with Crippen molar-refractivity contribution < 1.29 is 9.53 Å². The van der Waals surface area contributed by atoms with Crippen LogP contribution in [0.1, 0.15) is 69.6 Å². The quantitative estimate of drug-likeness (QED) is 0.615. The van der Waals surface area contributed by atoms with E-state index in [0.29, 0.717) is 6.54 Å². The van der Waals surface area contributed by atoms with Crippen molar-refractivity contribution in [2.75, 3.05) is 0 Å². The number of halogens is 1.